The smallest absolute Gasteiger partial charge is 0.305 e. The molecule has 0 saturated carbocycles. The lowest BCUT2D eigenvalue weighted by Crippen LogP contribution is -2.26. The number of terminal acetylenes is 1. The zero-order chi connectivity index (χ0) is 13.0. The number of hydrogen-bond acceptors (Lipinski definition) is 3. The van der Waals surface area contributed by atoms with Crippen LogP contribution < -0.4 is 5.32 Å². The summed E-state index contributed by atoms with van der Waals surface area (Å²) in [7, 11) is 0. The van der Waals surface area contributed by atoms with E-state index in [0.717, 1.165) is 0 Å². The molecule has 0 bridgehead atoms. The molecule has 0 saturated heterocycles. The first-order chi connectivity index (χ1) is 7.99. The van der Waals surface area contributed by atoms with Gasteiger partial charge in [-0.2, -0.15) is 4.39 Å². The Bertz CT molecular complexity index is 523. The number of benzene rings is 1. The number of carbonyl (C=O) groups excluding carboxylic acids is 1. The van der Waals surface area contributed by atoms with E-state index < -0.39 is 33.7 Å². The molecule has 5 nitrogen and oxygen atoms in total. The van der Waals surface area contributed by atoms with Gasteiger partial charge in [0, 0.05) is 6.07 Å². The van der Waals surface area contributed by atoms with Gasteiger partial charge < -0.3 is 5.32 Å². The molecule has 7 heteroatoms. The van der Waals surface area contributed by atoms with Crippen LogP contribution in [0, 0.1) is 34.1 Å². The summed E-state index contributed by atoms with van der Waals surface area (Å²) in [6.45, 7) is -0.236. The summed E-state index contributed by atoms with van der Waals surface area (Å²) in [5.74, 6) is -1.82. The molecule has 1 N–H and O–H groups in total. The molecule has 0 fully saturated rings. The second-order valence-electron chi connectivity index (χ2n) is 2.90. The molecule has 0 aliphatic carbocycles. The molecule has 88 valence electrons. The van der Waals surface area contributed by atoms with Crippen molar-refractivity contribution in [2.75, 3.05) is 6.54 Å². The van der Waals surface area contributed by atoms with Crippen LogP contribution in [-0.2, 0) is 0 Å². The van der Waals surface area contributed by atoms with Gasteiger partial charge in [-0.05, 0) is 6.07 Å². The van der Waals surface area contributed by atoms with Gasteiger partial charge >= 0.3 is 5.69 Å². The van der Waals surface area contributed by atoms with Crippen molar-refractivity contribution in [3.8, 4) is 12.3 Å². The standard InChI is InChI=1S/C10H6F2N2O3/c1-2-5-13-10(15)8-6(11)3-4-7(9(8)12)14(16)17/h1,3-4H,5H2,(H,13,15). The van der Waals surface area contributed by atoms with Crippen LogP contribution in [0.2, 0.25) is 0 Å². The fourth-order valence-corrected chi connectivity index (χ4v) is 1.11. The van der Waals surface area contributed by atoms with Crippen molar-refractivity contribution in [2.24, 2.45) is 0 Å². The number of nitro groups is 1. The quantitative estimate of drug-likeness (QED) is 0.490. The van der Waals surface area contributed by atoms with Crippen molar-refractivity contribution >= 4 is 11.6 Å². The van der Waals surface area contributed by atoms with Crippen LogP contribution in [0.1, 0.15) is 10.4 Å². The van der Waals surface area contributed by atoms with Crippen molar-refractivity contribution in [3.63, 3.8) is 0 Å². The molecule has 0 aromatic heterocycles. The van der Waals surface area contributed by atoms with Crippen molar-refractivity contribution in [3.05, 3.63) is 39.4 Å². The van der Waals surface area contributed by atoms with E-state index in [1.807, 2.05) is 11.2 Å². The van der Waals surface area contributed by atoms with Crippen molar-refractivity contribution < 1.29 is 18.5 Å². The van der Waals surface area contributed by atoms with E-state index >= 15 is 0 Å². The van der Waals surface area contributed by atoms with Gasteiger partial charge in [-0.3, -0.25) is 14.9 Å². The first-order valence-corrected chi connectivity index (χ1v) is 4.33. The fraction of sp³-hybridized carbons (Fsp3) is 0.100. The zero-order valence-electron chi connectivity index (χ0n) is 8.37. The highest BCUT2D eigenvalue weighted by molar-refractivity contribution is 5.95. The maximum atomic E-state index is 13.5. The van der Waals surface area contributed by atoms with E-state index in [4.69, 9.17) is 6.42 Å². The summed E-state index contributed by atoms with van der Waals surface area (Å²) in [6.07, 6.45) is 4.85. The minimum Gasteiger partial charge on any atom is -0.341 e. The third-order valence-corrected chi connectivity index (χ3v) is 1.85. The fourth-order valence-electron chi connectivity index (χ4n) is 1.11. The number of amides is 1. The highest BCUT2D eigenvalue weighted by atomic mass is 19.1. The zero-order valence-corrected chi connectivity index (χ0v) is 8.37. The number of rotatable bonds is 3. The van der Waals surface area contributed by atoms with Crippen LogP contribution in [-0.4, -0.2) is 17.4 Å². The molecule has 0 unspecified atom stereocenters. The topological polar surface area (TPSA) is 72.2 Å². The lowest BCUT2D eigenvalue weighted by Gasteiger charge is -2.04. The largest absolute Gasteiger partial charge is 0.341 e. The lowest BCUT2D eigenvalue weighted by atomic mass is 10.1. The summed E-state index contributed by atoms with van der Waals surface area (Å²) < 4.78 is 26.7. The number of nitro benzene ring substituents is 1. The molecule has 0 aliphatic rings. The second kappa shape index (κ2) is 5.03. The Morgan fingerprint density at radius 1 is 1.53 bits per heavy atom. The van der Waals surface area contributed by atoms with E-state index in [0.29, 0.717) is 12.1 Å². The maximum Gasteiger partial charge on any atom is 0.305 e. The van der Waals surface area contributed by atoms with Crippen LogP contribution in [0.3, 0.4) is 0 Å². The summed E-state index contributed by atoms with van der Waals surface area (Å²) in [4.78, 5) is 20.7. The third kappa shape index (κ3) is 2.55. The Hall–Kier alpha value is -2.49. The molecule has 1 amide bonds. The molecule has 0 spiro atoms. The van der Waals surface area contributed by atoms with Crippen LogP contribution >= 0.6 is 0 Å². The van der Waals surface area contributed by atoms with Gasteiger partial charge in [0.15, 0.2) is 0 Å². The minimum atomic E-state index is -1.52. The van der Waals surface area contributed by atoms with E-state index in [1.165, 1.54) is 0 Å². The first kappa shape index (κ1) is 12.6. The summed E-state index contributed by atoms with van der Waals surface area (Å²) in [6, 6.07) is 1.29. The predicted octanol–water partition coefficient (Wildman–Crippen LogP) is 1.24. The van der Waals surface area contributed by atoms with Gasteiger partial charge in [-0.15, -0.1) is 6.42 Å². The molecule has 0 aliphatic heterocycles. The van der Waals surface area contributed by atoms with Crippen LogP contribution in [0.25, 0.3) is 0 Å². The lowest BCUT2D eigenvalue weighted by molar-refractivity contribution is -0.387. The van der Waals surface area contributed by atoms with Crippen LogP contribution in [0.15, 0.2) is 12.1 Å². The Balaban J connectivity index is 3.23. The predicted molar refractivity (Wildman–Crippen MR) is 54.2 cm³/mol. The molecular weight excluding hydrogens is 234 g/mol. The van der Waals surface area contributed by atoms with E-state index in [1.54, 1.807) is 0 Å². The minimum absolute atomic E-state index is 0.236. The molecule has 0 heterocycles. The van der Waals surface area contributed by atoms with E-state index in [-0.39, 0.29) is 6.54 Å². The van der Waals surface area contributed by atoms with Gasteiger partial charge in [0.25, 0.3) is 5.91 Å². The van der Waals surface area contributed by atoms with Gasteiger partial charge in [0.2, 0.25) is 5.82 Å². The van der Waals surface area contributed by atoms with Crippen LogP contribution in [0.4, 0.5) is 14.5 Å². The SMILES string of the molecule is C#CCNC(=O)c1c(F)ccc([N+](=O)[O-])c1F. The second-order valence-corrected chi connectivity index (χ2v) is 2.90. The van der Waals surface area contributed by atoms with Gasteiger partial charge in [-0.1, -0.05) is 5.92 Å². The molecule has 0 atom stereocenters. The molecule has 1 aromatic rings. The number of carbonyl (C=O) groups is 1. The van der Waals surface area contributed by atoms with Gasteiger partial charge in [0.1, 0.15) is 11.4 Å². The maximum absolute atomic E-state index is 13.5. The van der Waals surface area contributed by atoms with Crippen molar-refractivity contribution in [2.45, 2.75) is 0 Å². The average molecular weight is 240 g/mol. The molecular formula is C10H6F2N2O3. The summed E-state index contributed by atoms with van der Waals surface area (Å²) in [5, 5.41) is 12.4. The highest BCUT2D eigenvalue weighted by Crippen LogP contribution is 2.22. The summed E-state index contributed by atoms with van der Waals surface area (Å²) in [5.41, 5.74) is -1.99. The first-order valence-electron chi connectivity index (χ1n) is 4.33. The number of nitrogens with one attached hydrogen (secondary N) is 1. The van der Waals surface area contributed by atoms with Gasteiger partial charge in [0.05, 0.1) is 11.5 Å². The number of hydrogen-bond donors (Lipinski definition) is 1. The Kier molecular flexibility index (Phi) is 3.72. The van der Waals surface area contributed by atoms with E-state index in [9.17, 15) is 23.7 Å². The van der Waals surface area contributed by atoms with Crippen molar-refractivity contribution in [1.29, 1.82) is 0 Å². The number of nitrogens with zero attached hydrogens (tertiary/aromatic N) is 1. The Morgan fingerprint density at radius 3 is 2.71 bits per heavy atom. The number of halogens is 2. The molecule has 1 rings (SSSR count). The average Bonchev–Trinajstić information content (AvgIpc) is 2.25. The van der Waals surface area contributed by atoms with Crippen molar-refractivity contribution in [1.82, 2.24) is 5.32 Å². The monoisotopic (exact) mass is 240 g/mol. The van der Waals surface area contributed by atoms with Gasteiger partial charge in [-0.25, -0.2) is 4.39 Å². The highest BCUT2D eigenvalue weighted by Gasteiger charge is 2.25. The molecule has 17 heavy (non-hydrogen) atoms. The Labute approximate surface area is 94.6 Å². The van der Waals surface area contributed by atoms with Crippen LogP contribution in [0.5, 0.6) is 0 Å². The molecule has 0 radical (unpaired) electrons. The van der Waals surface area contributed by atoms with E-state index in [2.05, 4.69) is 0 Å². The summed E-state index contributed by atoms with van der Waals surface area (Å²) >= 11 is 0. The Morgan fingerprint density at radius 2 is 2.18 bits per heavy atom. The third-order valence-electron chi connectivity index (χ3n) is 1.85. The molecule has 1 aromatic carbocycles. The normalized spacial score (nSPS) is 9.47.